The maximum absolute atomic E-state index is 16.9. The van der Waals surface area contributed by atoms with Crippen molar-refractivity contribution < 1.29 is 65.7 Å². The fourth-order valence-corrected chi connectivity index (χ4v) is 18.1. The Morgan fingerprint density at radius 2 is 1.35 bits per heavy atom. The number of amides is 1. The summed E-state index contributed by atoms with van der Waals surface area (Å²) in [4.78, 5) is 90.0. The normalized spacial score (nSPS) is 28.3. The fraction of sp³-hybridized carbons (Fsp3) is 0.574. The monoisotopic (exact) mass is 1140 g/mol. The lowest BCUT2D eigenvalue weighted by Crippen LogP contribution is -2.82. The summed E-state index contributed by atoms with van der Waals surface area (Å²) in [5, 5.41) is 2.72. The molecule has 3 aromatic rings. The van der Waals surface area contributed by atoms with Gasteiger partial charge in [0, 0.05) is 37.7 Å². The molecule has 1 N–H and O–H groups in total. The third kappa shape index (κ3) is 11.5. The number of fused-ring (bicyclic) bond motifs is 5. The first-order valence-corrected chi connectivity index (χ1v) is 35.8. The van der Waals surface area contributed by atoms with Crippen LogP contribution in [0.25, 0.3) is 0 Å². The van der Waals surface area contributed by atoms with E-state index < -0.39 is 137 Å². The van der Waals surface area contributed by atoms with Crippen molar-refractivity contribution in [3.8, 4) is 0 Å². The van der Waals surface area contributed by atoms with Crippen molar-refractivity contribution in [1.29, 1.82) is 0 Å². The molecule has 2 saturated carbocycles. The van der Waals surface area contributed by atoms with Crippen LogP contribution in [0.4, 0.5) is 0 Å². The van der Waals surface area contributed by atoms with E-state index in [1.807, 2.05) is 76.4 Å². The molecule has 7 rings (SSSR count). The van der Waals surface area contributed by atoms with Crippen LogP contribution in [0.2, 0.25) is 49.4 Å². The number of carbonyl (C=O) groups is 6. The van der Waals surface area contributed by atoms with Gasteiger partial charge < -0.3 is 42.3 Å². The van der Waals surface area contributed by atoms with Crippen LogP contribution in [0.5, 0.6) is 0 Å². The van der Waals surface area contributed by atoms with Crippen LogP contribution in [-0.4, -0.2) is 116 Å². The van der Waals surface area contributed by atoms with E-state index in [-0.39, 0.29) is 25.0 Å². The Hall–Kier alpha value is -5.09. The Bertz CT molecular complexity index is 2750. The van der Waals surface area contributed by atoms with Gasteiger partial charge in [-0.25, -0.2) is 9.59 Å². The van der Waals surface area contributed by atoms with Gasteiger partial charge in [0.2, 0.25) is 9.04 Å². The number of ether oxygens (including phenoxy) is 5. The van der Waals surface area contributed by atoms with E-state index in [4.69, 9.17) is 37.0 Å². The van der Waals surface area contributed by atoms with Crippen LogP contribution in [-0.2, 0) is 56.1 Å². The van der Waals surface area contributed by atoms with Crippen molar-refractivity contribution >= 4 is 61.2 Å². The molecule has 429 valence electrons. The number of ketones is 1. The molecule has 3 aliphatic carbocycles. The first-order valence-electron chi connectivity index (χ1n) is 28.0. The molecule has 2 bridgehead atoms. The SMILES string of the molecule is CC[Si](CC)(CC)O[C@H]1CC2OC[C@@]2(OC(C)=O)[C@H]2[C@H](OC(=O)c3ccccc3)[C@]3(O[Si](C)C)C[C@H](OC(=O)[C@H](O[Si](C)(C)C(C)(C)C)[C@@H](NC(=O)c4ccccc4)c4ccccc4)C(C)=C([C@@H](OC(C)=O)C(=O)[C@]12C)C3(C)C. The molecule has 1 radical (unpaired) electrons. The van der Waals surface area contributed by atoms with Crippen LogP contribution in [0.3, 0.4) is 0 Å². The minimum Gasteiger partial charge on any atom is -0.456 e. The summed E-state index contributed by atoms with van der Waals surface area (Å²) in [5.41, 5.74) is -4.64. The number of benzene rings is 3. The van der Waals surface area contributed by atoms with E-state index in [9.17, 15) is 14.4 Å². The second-order valence-corrected chi connectivity index (χ2v) is 36.0. The Morgan fingerprint density at radius 3 is 1.85 bits per heavy atom. The topological polar surface area (TPSA) is 188 Å². The fourth-order valence-electron chi connectivity index (χ4n) is 12.8. The van der Waals surface area contributed by atoms with E-state index in [0.29, 0.717) is 22.3 Å². The minimum absolute atomic E-state index is 0.137. The molecule has 1 aliphatic heterocycles. The molecule has 4 aliphatic rings. The van der Waals surface area contributed by atoms with Crippen LogP contribution in [0, 0.1) is 16.7 Å². The van der Waals surface area contributed by atoms with E-state index >= 15 is 14.4 Å². The van der Waals surface area contributed by atoms with Crippen molar-refractivity contribution in [3.05, 3.63) is 119 Å². The second-order valence-electron chi connectivity index (χ2n) is 24.5. The zero-order chi connectivity index (χ0) is 58.3. The number of hydrogen-bond acceptors (Lipinski definition) is 14. The van der Waals surface area contributed by atoms with Gasteiger partial charge in [0.05, 0.1) is 35.6 Å². The predicted molar refractivity (Wildman–Crippen MR) is 306 cm³/mol. The molecule has 1 amide bonds. The zero-order valence-corrected chi connectivity index (χ0v) is 52.2. The highest BCUT2D eigenvalue weighted by Gasteiger charge is 2.79. The summed E-state index contributed by atoms with van der Waals surface area (Å²) >= 11 is 0. The number of carbonyl (C=O) groups excluding carboxylic acids is 6. The maximum atomic E-state index is 16.9. The van der Waals surface area contributed by atoms with Gasteiger partial charge in [0.1, 0.15) is 23.9 Å². The Kier molecular flexibility index (Phi) is 18.2. The average molecular weight is 1140 g/mol. The maximum Gasteiger partial charge on any atom is 0.338 e. The van der Waals surface area contributed by atoms with E-state index in [0.717, 1.165) is 18.1 Å². The summed E-state index contributed by atoms with van der Waals surface area (Å²) in [6.45, 7) is 30.0. The van der Waals surface area contributed by atoms with Crippen LogP contribution >= 0.6 is 0 Å². The molecule has 15 nitrogen and oxygen atoms in total. The molecule has 11 atom stereocenters. The largest absolute Gasteiger partial charge is 0.456 e. The lowest BCUT2D eigenvalue weighted by Gasteiger charge is -2.69. The van der Waals surface area contributed by atoms with Crippen molar-refractivity contribution in [2.75, 3.05) is 6.61 Å². The molecule has 3 fully saturated rings. The standard InChI is InChI=1S/C61H84NO14Si3/c1-17-79(18-2,19-3)74-45-35-46-60(37-69-46,73-40(6)64)51-53(72-55(67)43-33-27-22-28-34-43)61(76-77(13)14)36-44(38(4)47(58(61,10)11)49(70-39(5)63)52(65)59(45,51)12)71-56(68)50(75-78(15,16)57(7,8)9)48(41-29-23-20-24-30-41)62-54(66)42-31-25-21-26-32-42/h20-34,44-46,48-51,53H,17-19,35-37H2,1-16H3,(H,62,66)/t44-,45-,46?,48-,49+,50+,51-,53-,59+,60-,61+/m0/s1. The molecule has 1 unspecified atom stereocenters. The van der Waals surface area contributed by atoms with Gasteiger partial charge in [-0.15, -0.1) is 0 Å². The molecule has 1 saturated heterocycles. The highest BCUT2D eigenvalue weighted by molar-refractivity contribution is 6.74. The Labute approximate surface area is 471 Å². The number of nitrogens with one attached hydrogen (secondary N) is 1. The van der Waals surface area contributed by atoms with Crippen molar-refractivity contribution in [2.45, 2.75) is 199 Å². The quantitative estimate of drug-likeness (QED) is 0.0517. The van der Waals surface area contributed by atoms with E-state index in [1.54, 1.807) is 68.4 Å². The lowest BCUT2D eigenvalue weighted by molar-refractivity contribution is -0.343. The summed E-state index contributed by atoms with van der Waals surface area (Å²) in [6.07, 6.45) is -7.61. The molecule has 1 heterocycles. The number of hydrogen-bond donors (Lipinski definition) is 1. The van der Waals surface area contributed by atoms with Crippen molar-refractivity contribution in [2.24, 2.45) is 16.7 Å². The zero-order valence-electron chi connectivity index (χ0n) is 49.2. The lowest BCUT2D eigenvalue weighted by atomic mass is 9.44. The molecule has 18 heteroatoms. The molecular weight excluding hydrogens is 1050 g/mol. The summed E-state index contributed by atoms with van der Waals surface area (Å²) < 4.78 is 55.9. The average Bonchev–Trinajstić information content (AvgIpc) is 2.92. The highest BCUT2D eigenvalue weighted by Crippen LogP contribution is 2.66. The van der Waals surface area contributed by atoms with E-state index in [2.05, 4.69) is 46.9 Å². The van der Waals surface area contributed by atoms with Crippen molar-refractivity contribution in [1.82, 2.24) is 5.32 Å². The highest BCUT2D eigenvalue weighted by atomic mass is 28.4. The van der Waals surface area contributed by atoms with Gasteiger partial charge in [-0.1, -0.05) is 122 Å². The van der Waals surface area contributed by atoms with Gasteiger partial charge in [0.25, 0.3) is 5.91 Å². The molecule has 3 aromatic carbocycles. The first kappa shape index (κ1) is 61.5. The molecular formula is C61H84NO14Si3. The number of esters is 4. The number of Topliss-reactive ketones (excluding diaryl/α,β-unsaturated/α-hetero) is 1. The summed E-state index contributed by atoms with van der Waals surface area (Å²) in [6, 6.07) is 27.4. The van der Waals surface area contributed by atoms with Gasteiger partial charge in [-0.05, 0) is 104 Å². The third-order valence-electron chi connectivity index (χ3n) is 18.3. The first-order chi connectivity index (χ1) is 37.0. The molecule has 0 aromatic heterocycles. The van der Waals surface area contributed by atoms with Crippen LogP contribution in [0.15, 0.2) is 102 Å². The van der Waals surface area contributed by atoms with Gasteiger partial charge in [0.15, 0.2) is 40.2 Å². The van der Waals surface area contributed by atoms with Crippen molar-refractivity contribution in [3.63, 3.8) is 0 Å². The minimum atomic E-state index is -2.93. The second kappa shape index (κ2) is 23.4. The molecule has 0 spiro atoms. The van der Waals surface area contributed by atoms with Crippen LogP contribution in [0.1, 0.15) is 128 Å². The van der Waals surface area contributed by atoms with Gasteiger partial charge >= 0.3 is 23.9 Å². The van der Waals surface area contributed by atoms with Crippen LogP contribution < -0.4 is 5.32 Å². The Balaban J connectivity index is 1.54. The number of rotatable bonds is 19. The summed E-state index contributed by atoms with van der Waals surface area (Å²) in [7, 11) is -7.51. The predicted octanol–water partition coefficient (Wildman–Crippen LogP) is 11.1. The summed E-state index contributed by atoms with van der Waals surface area (Å²) in [5.74, 6) is -5.25. The van der Waals surface area contributed by atoms with Gasteiger partial charge in [-0.2, -0.15) is 0 Å². The smallest absolute Gasteiger partial charge is 0.338 e. The molecule has 79 heavy (non-hydrogen) atoms. The van der Waals surface area contributed by atoms with Gasteiger partial charge in [-0.3, -0.25) is 19.2 Å². The third-order valence-corrected chi connectivity index (χ3v) is 28.2. The Morgan fingerprint density at radius 1 is 0.797 bits per heavy atom. The van der Waals surface area contributed by atoms with E-state index in [1.165, 1.54) is 13.8 Å².